The van der Waals surface area contributed by atoms with E-state index in [9.17, 15) is 27.6 Å². The number of benzene rings is 1. The van der Waals surface area contributed by atoms with E-state index in [0.29, 0.717) is 24.9 Å². The average molecular weight is 510 g/mol. The fraction of sp³-hybridized carbons (Fsp3) is 0.583. The number of primary amides is 1. The van der Waals surface area contributed by atoms with Crippen LogP contribution in [0.25, 0.3) is 0 Å². The van der Waals surface area contributed by atoms with Gasteiger partial charge in [-0.2, -0.15) is 19.2 Å². The van der Waals surface area contributed by atoms with E-state index in [0.717, 1.165) is 25.0 Å². The Hall–Kier alpha value is -0.944. The van der Waals surface area contributed by atoms with Gasteiger partial charge in [0, 0.05) is 24.1 Å². The van der Waals surface area contributed by atoms with Crippen molar-refractivity contribution in [3.63, 3.8) is 0 Å². The van der Waals surface area contributed by atoms with Crippen LogP contribution in [0.5, 0.6) is 0 Å². The third-order valence-corrected chi connectivity index (χ3v) is 5.41. The van der Waals surface area contributed by atoms with Crippen LogP contribution in [0, 0.1) is 13.3 Å². The summed E-state index contributed by atoms with van der Waals surface area (Å²) in [6.45, 7) is 7.96. The molecule has 2 fully saturated rings. The maximum absolute atomic E-state index is 12.4. The van der Waals surface area contributed by atoms with Crippen LogP contribution in [0.3, 0.4) is 0 Å². The maximum Gasteiger partial charge on any atom is 1.00 e. The number of carbonyl (C=O) groups is 2. The Kier molecular flexibility index (Phi) is 13.0. The van der Waals surface area contributed by atoms with E-state index in [-0.39, 0.29) is 94.3 Å². The molecule has 0 spiro atoms. The van der Waals surface area contributed by atoms with Crippen molar-refractivity contribution < 1.29 is 83.7 Å². The van der Waals surface area contributed by atoms with Crippen molar-refractivity contribution >= 4 is 18.3 Å². The Bertz CT molecular complexity index is 852. The molecule has 186 valence electrons. The molecule has 1 heterocycles. The van der Waals surface area contributed by atoms with Gasteiger partial charge in [-0.3, -0.25) is 4.79 Å². The van der Waals surface area contributed by atoms with Gasteiger partial charge in [0.2, 0.25) is 5.91 Å². The topological polar surface area (TPSA) is 89.7 Å². The molecule has 1 aromatic rings. The van der Waals surface area contributed by atoms with Gasteiger partial charge in [0.15, 0.2) is 0 Å². The summed E-state index contributed by atoms with van der Waals surface area (Å²) < 4.78 is 42.5. The van der Waals surface area contributed by atoms with Gasteiger partial charge in [-0.25, -0.2) is 4.79 Å². The van der Waals surface area contributed by atoms with Crippen molar-refractivity contribution in [1.29, 1.82) is 0 Å². The van der Waals surface area contributed by atoms with Crippen LogP contribution < -0.4 is 57.1 Å². The minimum absolute atomic E-state index is 0. The Labute approximate surface area is 242 Å². The molecular formula is C24H33F3KN2O4-. The predicted octanol–water partition coefficient (Wildman–Crippen LogP) is 2.00. The number of likely N-dealkylation sites (tertiary alicyclic amines) is 1. The molecule has 2 N–H and O–H groups in total. The molecule has 1 aromatic carbocycles. The van der Waals surface area contributed by atoms with Gasteiger partial charge in [-0.05, 0) is 40.5 Å². The summed E-state index contributed by atoms with van der Waals surface area (Å²) in [5, 5.41) is 0. The van der Waals surface area contributed by atoms with E-state index in [1.54, 1.807) is 11.2 Å². The van der Waals surface area contributed by atoms with E-state index in [1.807, 2.05) is 27.7 Å². The SMILES string of the molecule is CC1CC(C(N)=O)CCN1C(=O)OC(C)(C)C.O=[C-]c1ccc(C(F)(F)F)cc1C1CC1.[CH3-].[K+]. The zero-order chi connectivity index (χ0) is 24.3. The van der Waals surface area contributed by atoms with Gasteiger partial charge in [-0.1, -0.05) is 18.8 Å². The molecule has 1 saturated heterocycles. The Morgan fingerprint density at radius 1 is 1.15 bits per heavy atom. The molecule has 2 atom stereocenters. The van der Waals surface area contributed by atoms with Crippen LogP contribution in [0.2, 0.25) is 0 Å². The number of hydrogen-bond donors (Lipinski definition) is 1. The normalized spacial score (nSPS) is 20.0. The Balaban J connectivity index is 0.000000608. The van der Waals surface area contributed by atoms with Crippen molar-refractivity contribution in [2.75, 3.05) is 6.54 Å². The fourth-order valence-corrected chi connectivity index (χ4v) is 3.59. The van der Waals surface area contributed by atoms with Crippen LogP contribution in [0.15, 0.2) is 18.2 Å². The molecule has 0 aromatic heterocycles. The summed E-state index contributed by atoms with van der Waals surface area (Å²) in [6.07, 6.45) is -0.0183. The monoisotopic (exact) mass is 509 g/mol. The number of amides is 2. The summed E-state index contributed by atoms with van der Waals surface area (Å²) in [5.74, 6) is -0.284. The smallest absolute Gasteiger partial charge is 0.444 e. The first-order chi connectivity index (χ1) is 14.7. The number of carbonyl (C=O) groups excluding carboxylic acids is 3. The maximum atomic E-state index is 12.4. The van der Waals surface area contributed by atoms with Crippen LogP contribution >= 0.6 is 0 Å². The number of halogens is 3. The quantitative estimate of drug-likeness (QED) is 0.499. The molecule has 2 aliphatic rings. The van der Waals surface area contributed by atoms with E-state index in [2.05, 4.69) is 0 Å². The van der Waals surface area contributed by atoms with Crippen LogP contribution in [0.1, 0.15) is 76.0 Å². The summed E-state index contributed by atoms with van der Waals surface area (Å²) in [7, 11) is 0. The second kappa shape index (κ2) is 13.4. The fourth-order valence-electron chi connectivity index (χ4n) is 3.59. The summed E-state index contributed by atoms with van der Waals surface area (Å²) in [5.41, 5.74) is 4.84. The average Bonchev–Trinajstić information content (AvgIpc) is 3.50. The molecule has 0 radical (unpaired) electrons. The number of piperidine rings is 1. The first kappa shape index (κ1) is 33.1. The molecule has 2 amide bonds. The second-order valence-electron chi connectivity index (χ2n) is 9.32. The van der Waals surface area contributed by atoms with Crippen LogP contribution in [-0.4, -0.2) is 41.4 Å². The number of nitrogens with zero attached hydrogens (tertiary/aromatic N) is 1. The first-order valence-electron chi connectivity index (χ1n) is 10.6. The molecule has 3 rings (SSSR count). The van der Waals surface area contributed by atoms with E-state index in [1.165, 1.54) is 6.07 Å². The molecule has 34 heavy (non-hydrogen) atoms. The molecule has 10 heteroatoms. The Morgan fingerprint density at radius 2 is 1.74 bits per heavy atom. The van der Waals surface area contributed by atoms with Gasteiger partial charge in [-0.15, -0.1) is 23.3 Å². The molecule has 0 bridgehead atoms. The zero-order valence-corrected chi connectivity index (χ0v) is 23.9. The van der Waals surface area contributed by atoms with Gasteiger partial charge in [0.05, 0.1) is 6.29 Å². The van der Waals surface area contributed by atoms with E-state index >= 15 is 0 Å². The van der Waals surface area contributed by atoms with Crippen molar-refractivity contribution in [2.45, 2.75) is 77.1 Å². The second-order valence-corrected chi connectivity index (χ2v) is 9.32. The summed E-state index contributed by atoms with van der Waals surface area (Å²) in [4.78, 5) is 35.2. The van der Waals surface area contributed by atoms with Crippen molar-refractivity contribution in [1.82, 2.24) is 4.90 Å². The molecular weight excluding hydrogens is 476 g/mol. The minimum atomic E-state index is -4.34. The Morgan fingerprint density at radius 3 is 2.15 bits per heavy atom. The molecule has 1 aliphatic heterocycles. The van der Waals surface area contributed by atoms with E-state index < -0.39 is 17.3 Å². The number of alkyl halides is 3. The third kappa shape index (κ3) is 9.97. The van der Waals surface area contributed by atoms with Gasteiger partial charge in [0.1, 0.15) is 5.60 Å². The third-order valence-electron chi connectivity index (χ3n) is 5.41. The minimum Gasteiger partial charge on any atom is -0.444 e. The van der Waals surface area contributed by atoms with Crippen LogP contribution in [0.4, 0.5) is 18.0 Å². The van der Waals surface area contributed by atoms with Gasteiger partial charge in [0.25, 0.3) is 0 Å². The number of ether oxygens (including phenoxy) is 1. The first-order valence-corrected chi connectivity index (χ1v) is 10.6. The van der Waals surface area contributed by atoms with Gasteiger partial charge >= 0.3 is 63.7 Å². The van der Waals surface area contributed by atoms with Crippen molar-refractivity contribution in [3.8, 4) is 0 Å². The standard InChI is InChI=1S/C12H22N2O3.C11H8F3O.CH3.K/c1-8-7-9(10(13)15)5-6-14(8)11(16)17-12(2,3)4;12-11(13,14)9-4-3-8(6-15)10(5-9)7-1-2-7;;/h8-9H,5-7H2,1-4H3,(H2,13,15);3-5,7H,1-2H2;1H3;/q;2*-1;+1. The molecule has 6 nitrogen and oxygen atoms in total. The van der Waals surface area contributed by atoms with Crippen molar-refractivity contribution in [2.24, 2.45) is 11.7 Å². The van der Waals surface area contributed by atoms with E-state index in [4.69, 9.17) is 10.5 Å². The van der Waals surface area contributed by atoms with Crippen LogP contribution in [-0.2, 0) is 20.5 Å². The largest absolute Gasteiger partial charge is 1.00 e. The summed E-state index contributed by atoms with van der Waals surface area (Å²) in [6, 6.07) is 3.18. The molecule has 2 unspecified atom stereocenters. The number of nitrogens with two attached hydrogens (primary N) is 1. The van der Waals surface area contributed by atoms with Crippen molar-refractivity contribution in [3.05, 3.63) is 42.3 Å². The van der Waals surface area contributed by atoms with Gasteiger partial charge < -0.3 is 27.6 Å². The summed E-state index contributed by atoms with van der Waals surface area (Å²) >= 11 is 0. The number of hydrogen-bond acceptors (Lipinski definition) is 4. The molecule has 1 saturated carbocycles. The number of rotatable bonds is 3. The predicted molar refractivity (Wildman–Crippen MR) is 119 cm³/mol. The zero-order valence-electron chi connectivity index (χ0n) is 20.8. The molecule has 1 aliphatic carbocycles.